The van der Waals surface area contributed by atoms with E-state index in [-0.39, 0.29) is 0 Å². The van der Waals surface area contributed by atoms with E-state index in [9.17, 15) is 0 Å². The maximum absolute atomic E-state index is 5.94. The highest BCUT2D eigenvalue weighted by Crippen LogP contribution is 2.22. The topological polar surface area (TPSA) is 85.6 Å². The second-order valence-corrected chi connectivity index (χ2v) is 7.11. The molecule has 2 N–H and O–H groups in total. The highest BCUT2D eigenvalue weighted by Gasteiger charge is 2.23. The summed E-state index contributed by atoms with van der Waals surface area (Å²) in [6, 6.07) is 0.414. The molecule has 1 aromatic heterocycles. The molecule has 0 atom stereocenters. The summed E-state index contributed by atoms with van der Waals surface area (Å²) < 4.78 is 13.0. The molecule has 8 nitrogen and oxygen atoms in total. The van der Waals surface area contributed by atoms with Crippen LogP contribution in [-0.2, 0) is 23.1 Å². The first-order valence-electron chi connectivity index (χ1n) is 9.53. The van der Waals surface area contributed by atoms with Crippen LogP contribution >= 0.6 is 0 Å². The van der Waals surface area contributed by atoms with Crippen molar-refractivity contribution in [3.05, 3.63) is 11.6 Å². The van der Waals surface area contributed by atoms with Gasteiger partial charge < -0.3 is 24.7 Å². The molecule has 1 fully saturated rings. The molecule has 1 aromatic rings. The van der Waals surface area contributed by atoms with Crippen LogP contribution in [0.3, 0.4) is 0 Å². The zero-order valence-corrected chi connectivity index (χ0v) is 16.8. The van der Waals surface area contributed by atoms with Crippen molar-refractivity contribution >= 4 is 5.96 Å². The molecule has 0 amide bonds. The molecule has 26 heavy (non-hydrogen) atoms. The van der Waals surface area contributed by atoms with Crippen molar-refractivity contribution in [2.45, 2.75) is 71.2 Å². The average molecular weight is 367 g/mol. The molecule has 1 aliphatic rings. The summed E-state index contributed by atoms with van der Waals surface area (Å²) in [5.41, 5.74) is 0. The SMILES string of the molecule is COCCNC(=NCc1nnc(C)n1C)NC1CCC(OC(C)C)CC1. The third-order valence-electron chi connectivity index (χ3n) is 4.64. The number of rotatable bonds is 8. The Morgan fingerprint density at radius 2 is 2.00 bits per heavy atom. The Morgan fingerprint density at radius 1 is 1.27 bits per heavy atom. The fourth-order valence-corrected chi connectivity index (χ4v) is 3.08. The molecule has 0 radical (unpaired) electrons. The van der Waals surface area contributed by atoms with E-state index < -0.39 is 0 Å². The first-order chi connectivity index (χ1) is 12.5. The summed E-state index contributed by atoms with van der Waals surface area (Å²) in [5.74, 6) is 2.54. The second kappa shape index (κ2) is 10.5. The number of ether oxygens (including phenoxy) is 2. The van der Waals surface area contributed by atoms with Crippen molar-refractivity contribution in [2.24, 2.45) is 12.0 Å². The molecule has 0 unspecified atom stereocenters. The monoisotopic (exact) mass is 366 g/mol. The predicted octanol–water partition coefficient (Wildman–Crippen LogP) is 1.54. The van der Waals surface area contributed by atoms with Gasteiger partial charge in [-0.25, -0.2) is 4.99 Å². The van der Waals surface area contributed by atoms with Crippen molar-refractivity contribution in [3.8, 4) is 0 Å². The first-order valence-corrected chi connectivity index (χ1v) is 9.53. The highest BCUT2D eigenvalue weighted by molar-refractivity contribution is 5.80. The van der Waals surface area contributed by atoms with Crippen LogP contribution in [0.15, 0.2) is 4.99 Å². The molecular formula is C18H34N6O2. The number of guanidine groups is 1. The molecule has 1 saturated carbocycles. The van der Waals surface area contributed by atoms with Gasteiger partial charge in [-0.3, -0.25) is 0 Å². The van der Waals surface area contributed by atoms with E-state index in [1.54, 1.807) is 7.11 Å². The molecule has 1 aliphatic carbocycles. The van der Waals surface area contributed by atoms with Gasteiger partial charge in [-0.1, -0.05) is 0 Å². The van der Waals surface area contributed by atoms with Crippen LogP contribution in [0, 0.1) is 6.92 Å². The minimum absolute atomic E-state index is 0.298. The first kappa shape index (κ1) is 20.6. The van der Waals surface area contributed by atoms with E-state index in [4.69, 9.17) is 9.47 Å². The van der Waals surface area contributed by atoms with E-state index >= 15 is 0 Å². The van der Waals surface area contributed by atoms with E-state index in [0.29, 0.717) is 37.9 Å². The van der Waals surface area contributed by atoms with Gasteiger partial charge >= 0.3 is 0 Å². The lowest BCUT2D eigenvalue weighted by Gasteiger charge is -2.31. The highest BCUT2D eigenvalue weighted by atomic mass is 16.5. The summed E-state index contributed by atoms with van der Waals surface area (Å²) in [6.45, 7) is 7.98. The third-order valence-corrected chi connectivity index (χ3v) is 4.64. The number of aromatic nitrogens is 3. The number of hydrogen-bond donors (Lipinski definition) is 2. The third kappa shape index (κ3) is 6.57. The van der Waals surface area contributed by atoms with Crippen molar-refractivity contribution in [2.75, 3.05) is 20.3 Å². The number of methoxy groups -OCH3 is 1. The Bertz CT molecular complexity index is 564. The van der Waals surface area contributed by atoms with Gasteiger partial charge in [0.1, 0.15) is 12.4 Å². The Kier molecular flexibility index (Phi) is 8.31. The molecule has 1 heterocycles. The second-order valence-electron chi connectivity index (χ2n) is 7.11. The van der Waals surface area contributed by atoms with Gasteiger partial charge in [0.15, 0.2) is 11.8 Å². The minimum Gasteiger partial charge on any atom is -0.383 e. The van der Waals surface area contributed by atoms with Gasteiger partial charge in [0.2, 0.25) is 0 Å². The standard InChI is InChI=1S/C18H34N6O2/c1-13(2)26-16-8-6-15(7-9-16)21-18(19-10-11-25-5)20-12-17-23-22-14(3)24(17)4/h13,15-16H,6-12H2,1-5H3,(H2,19,20,21). The number of nitrogens with zero attached hydrogens (tertiary/aromatic N) is 4. The summed E-state index contributed by atoms with van der Waals surface area (Å²) in [6.07, 6.45) is 5.04. The van der Waals surface area contributed by atoms with Crippen LogP contribution in [0.25, 0.3) is 0 Å². The summed E-state index contributed by atoms with van der Waals surface area (Å²) in [4.78, 5) is 4.69. The Hall–Kier alpha value is -1.67. The van der Waals surface area contributed by atoms with Crippen LogP contribution in [0.1, 0.15) is 51.2 Å². The molecule has 0 aromatic carbocycles. The fourth-order valence-electron chi connectivity index (χ4n) is 3.08. The van der Waals surface area contributed by atoms with E-state index in [0.717, 1.165) is 43.3 Å². The molecule has 8 heteroatoms. The lowest BCUT2D eigenvalue weighted by molar-refractivity contribution is -0.0152. The van der Waals surface area contributed by atoms with Gasteiger partial charge in [0, 0.05) is 26.7 Å². The molecule has 0 saturated heterocycles. The lowest BCUT2D eigenvalue weighted by atomic mass is 9.93. The molecule has 0 aliphatic heterocycles. The fraction of sp³-hybridized carbons (Fsp3) is 0.833. The van der Waals surface area contributed by atoms with Crippen LogP contribution in [0.5, 0.6) is 0 Å². The lowest BCUT2D eigenvalue weighted by Crippen LogP contribution is -2.46. The van der Waals surface area contributed by atoms with Crippen LogP contribution in [-0.4, -0.2) is 59.2 Å². The minimum atomic E-state index is 0.298. The normalized spacial score (nSPS) is 21.2. The zero-order chi connectivity index (χ0) is 18.9. The van der Waals surface area contributed by atoms with Crippen molar-refractivity contribution < 1.29 is 9.47 Å². The van der Waals surface area contributed by atoms with Gasteiger partial charge in [-0.15, -0.1) is 10.2 Å². The van der Waals surface area contributed by atoms with Gasteiger partial charge in [-0.05, 0) is 46.5 Å². The Balaban J connectivity index is 1.90. The quantitative estimate of drug-likeness (QED) is 0.412. The van der Waals surface area contributed by atoms with Crippen LogP contribution in [0.4, 0.5) is 0 Å². The van der Waals surface area contributed by atoms with Crippen molar-refractivity contribution in [1.82, 2.24) is 25.4 Å². The van der Waals surface area contributed by atoms with E-state index in [1.165, 1.54) is 0 Å². The number of nitrogens with one attached hydrogen (secondary N) is 2. The molecule has 148 valence electrons. The zero-order valence-electron chi connectivity index (χ0n) is 16.8. The summed E-state index contributed by atoms with van der Waals surface area (Å²) in [5, 5.41) is 15.2. The van der Waals surface area contributed by atoms with Crippen molar-refractivity contribution in [1.29, 1.82) is 0 Å². The van der Waals surface area contributed by atoms with Crippen LogP contribution < -0.4 is 10.6 Å². The molecule has 0 spiro atoms. The maximum atomic E-state index is 5.94. The number of hydrogen-bond acceptors (Lipinski definition) is 5. The van der Waals surface area contributed by atoms with Gasteiger partial charge in [0.25, 0.3) is 0 Å². The van der Waals surface area contributed by atoms with Gasteiger partial charge in [0.05, 0.1) is 18.8 Å². The molecule has 0 bridgehead atoms. The number of aryl methyl sites for hydroxylation is 1. The van der Waals surface area contributed by atoms with E-state index in [1.807, 2.05) is 18.5 Å². The van der Waals surface area contributed by atoms with Gasteiger partial charge in [-0.2, -0.15) is 0 Å². The summed E-state index contributed by atoms with van der Waals surface area (Å²) in [7, 11) is 3.66. The molecule has 2 rings (SSSR count). The Labute approximate surface area is 156 Å². The Morgan fingerprint density at radius 3 is 2.58 bits per heavy atom. The summed E-state index contributed by atoms with van der Waals surface area (Å²) >= 11 is 0. The van der Waals surface area contributed by atoms with E-state index in [2.05, 4.69) is 39.7 Å². The van der Waals surface area contributed by atoms with Crippen molar-refractivity contribution in [3.63, 3.8) is 0 Å². The van der Waals surface area contributed by atoms with Crippen LogP contribution in [0.2, 0.25) is 0 Å². The number of aliphatic imine (C=N–C) groups is 1. The maximum Gasteiger partial charge on any atom is 0.192 e. The smallest absolute Gasteiger partial charge is 0.192 e. The average Bonchev–Trinajstić information content (AvgIpc) is 2.93. The largest absolute Gasteiger partial charge is 0.383 e. The predicted molar refractivity (Wildman–Crippen MR) is 102 cm³/mol. The molecular weight excluding hydrogens is 332 g/mol.